The fourth-order valence-electron chi connectivity index (χ4n) is 2.76. The lowest BCUT2D eigenvalue weighted by Gasteiger charge is -2.05. The summed E-state index contributed by atoms with van der Waals surface area (Å²) in [4.78, 5) is 0. The van der Waals surface area contributed by atoms with Crippen molar-refractivity contribution < 1.29 is 0 Å². The molecule has 0 aliphatic rings. The number of fused-ring (bicyclic) bond motifs is 1. The van der Waals surface area contributed by atoms with Crippen LogP contribution in [0.4, 0.5) is 0 Å². The van der Waals surface area contributed by atoms with Gasteiger partial charge in [-0.05, 0) is 36.6 Å². The number of nitrogens with zero attached hydrogens (tertiary/aromatic N) is 1. The second kappa shape index (κ2) is 7.30. The third-order valence-electron chi connectivity index (χ3n) is 3.77. The highest BCUT2D eigenvalue weighted by molar-refractivity contribution is 5.85. The van der Waals surface area contributed by atoms with Crippen LogP contribution in [0.3, 0.4) is 0 Å². The summed E-state index contributed by atoms with van der Waals surface area (Å²) in [6, 6.07) is 19.2. The molecule has 0 fully saturated rings. The Morgan fingerprint density at radius 3 is 2.33 bits per heavy atom. The van der Waals surface area contributed by atoms with Crippen LogP contribution in [0.2, 0.25) is 0 Å². The van der Waals surface area contributed by atoms with Gasteiger partial charge in [-0.1, -0.05) is 48.5 Å². The maximum absolute atomic E-state index is 5.72. The highest BCUT2D eigenvalue weighted by Gasteiger charge is 2.07. The topological polar surface area (TPSA) is 30.9 Å². The third-order valence-corrected chi connectivity index (χ3v) is 3.77. The van der Waals surface area contributed by atoms with E-state index in [-0.39, 0.29) is 12.4 Å². The molecule has 2 N–H and O–H groups in total. The van der Waals surface area contributed by atoms with Crippen molar-refractivity contribution >= 4 is 23.3 Å². The average Bonchev–Trinajstić information content (AvgIpc) is 2.85. The first kappa shape index (κ1) is 15.6. The summed E-state index contributed by atoms with van der Waals surface area (Å²) < 4.78 is 2.35. The summed E-state index contributed by atoms with van der Waals surface area (Å²) in [7, 11) is 0. The molecule has 0 bridgehead atoms. The summed E-state index contributed by atoms with van der Waals surface area (Å²) in [5.41, 5.74) is 9.77. The van der Waals surface area contributed by atoms with Gasteiger partial charge >= 0.3 is 0 Å². The molecule has 0 radical (unpaired) electrons. The smallest absolute Gasteiger partial charge is 0.0483 e. The minimum atomic E-state index is 0. The van der Waals surface area contributed by atoms with Crippen LogP contribution in [0.5, 0.6) is 0 Å². The van der Waals surface area contributed by atoms with Crippen molar-refractivity contribution in [3.05, 3.63) is 71.9 Å². The number of halogens is 1. The number of hydrogen-bond donors (Lipinski definition) is 1. The largest absolute Gasteiger partial charge is 0.347 e. The predicted octanol–water partition coefficient (Wildman–Crippen LogP) is 3.81. The van der Waals surface area contributed by atoms with Crippen molar-refractivity contribution in [3.63, 3.8) is 0 Å². The number of hydrogen-bond acceptors (Lipinski definition) is 1. The Labute approximate surface area is 132 Å². The molecule has 0 saturated carbocycles. The second-order valence-electron chi connectivity index (χ2n) is 5.14. The van der Waals surface area contributed by atoms with E-state index in [1.54, 1.807) is 0 Å². The summed E-state index contributed by atoms with van der Waals surface area (Å²) in [5.74, 6) is 0. The Bertz CT molecular complexity index is 689. The molecule has 3 heteroatoms. The van der Waals surface area contributed by atoms with Crippen molar-refractivity contribution in [2.45, 2.75) is 19.4 Å². The first-order valence-electron chi connectivity index (χ1n) is 7.19. The van der Waals surface area contributed by atoms with Crippen LogP contribution in [-0.2, 0) is 19.4 Å². The van der Waals surface area contributed by atoms with Crippen LogP contribution < -0.4 is 5.73 Å². The molecule has 21 heavy (non-hydrogen) atoms. The molecular formula is C18H21ClN2. The summed E-state index contributed by atoms with van der Waals surface area (Å²) in [6.07, 6.45) is 4.26. The highest BCUT2D eigenvalue weighted by Crippen LogP contribution is 2.22. The minimum absolute atomic E-state index is 0. The number of rotatable bonds is 5. The molecular weight excluding hydrogens is 280 g/mol. The molecule has 0 aliphatic carbocycles. The molecule has 0 aliphatic heterocycles. The van der Waals surface area contributed by atoms with Gasteiger partial charge in [0.25, 0.3) is 0 Å². The molecule has 1 heterocycles. The van der Waals surface area contributed by atoms with Crippen molar-refractivity contribution in [1.29, 1.82) is 0 Å². The van der Waals surface area contributed by atoms with E-state index in [2.05, 4.69) is 65.4 Å². The summed E-state index contributed by atoms with van der Waals surface area (Å²) in [5, 5.41) is 1.34. The fourth-order valence-corrected chi connectivity index (χ4v) is 2.76. The standard InChI is InChI=1S/C18H20N2.ClH/c19-12-10-16-14-20(18-9-5-4-8-17(16)18)13-11-15-6-2-1-3-7-15;/h1-9,14H,10-13,19H2;1H. The van der Waals surface area contributed by atoms with Gasteiger partial charge in [0, 0.05) is 23.6 Å². The van der Waals surface area contributed by atoms with Crippen LogP contribution >= 0.6 is 12.4 Å². The van der Waals surface area contributed by atoms with Crippen LogP contribution in [0.1, 0.15) is 11.1 Å². The van der Waals surface area contributed by atoms with Gasteiger partial charge < -0.3 is 10.3 Å². The van der Waals surface area contributed by atoms with Crippen molar-refractivity contribution in [3.8, 4) is 0 Å². The van der Waals surface area contributed by atoms with Gasteiger partial charge in [0.05, 0.1) is 0 Å². The van der Waals surface area contributed by atoms with Gasteiger partial charge in [-0.2, -0.15) is 0 Å². The summed E-state index contributed by atoms with van der Waals surface area (Å²) >= 11 is 0. The van der Waals surface area contributed by atoms with E-state index in [0.717, 1.165) is 19.4 Å². The lowest BCUT2D eigenvalue weighted by Crippen LogP contribution is -2.02. The molecule has 110 valence electrons. The number of nitrogens with two attached hydrogens (primary N) is 1. The first-order valence-corrected chi connectivity index (χ1v) is 7.19. The maximum Gasteiger partial charge on any atom is 0.0483 e. The van der Waals surface area contributed by atoms with E-state index in [0.29, 0.717) is 6.54 Å². The van der Waals surface area contributed by atoms with Crippen LogP contribution in [0.15, 0.2) is 60.8 Å². The maximum atomic E-state index is 5.72. The zero-order valence-electron chi connectivity index (χ0n) is 12.0. The predicted molar refractivity (Wildman–Crippen MR) is 92.1 cm³/mol. The molecule has 3 aromatic rings. The zero-order chi connectivity index (χ0) is 13.8. The molecule has 0 atom stereocenters. The molecule has 0 saturated heterocycles. The molecule has 0 amide bonds. The number of benzene rings is 2. The number of para-hydroxylation sites is 1. The van der Waals surface area contributed by atoms with Crippen LogP contribution in [0.25, 0.3) is 10.9 Å². The average molecular weight is 301 g/mol. The Morgan fingerprint density at radius 1 is 0.857 bits per heavy atom. The lowest BCUT2D eigenvalue weighted by molar-refractivity contribution is 0.719. The van der Waals surface area contributed by atoms with Crippen molar-refractivity contribution in [2.24, 2.45) is 5.73 Å². The normalized spacial score (nSPS) is 10.5. The zero-order valence-corrected chi connectivity index (χ0v) is 12.9. The van der Waals surface area contributed by atoms with E-state index in [1.165, 1.54) is 22.0 Å². The molecule has 0 unspecified atom stereocenters. The lowest BCUT2D eigenvalue weighted by atomic mass is 10.1. The second-order valence-corrected chi connectivity index (χ2v) is 5.14. The monoisotopic (exact) mass is 300 g/mol. The van der Waals surface area contributed by atoms with Gasteiger partial charge in [-0.3, -0.25) is 0 Å². The summed E-state index contributed by atoms with van der Waals surface area (Å²) in [6.45, 7) is 1.71. The van der Waals surface area contributed by atoms with Gasteiger partial charge in [-0.25, -0.2) is 0 Å². The Hall–Kier alpha value is -1.77. The molecule has 1 aromatic heterocycles. The van der Waals surface area contributed by atoms with E-state index in [9.17, 15) is 0 Å². The third kappa shape index (κ3) is 3.46. The Morgan fingerprint density at radius 2 is 1.57 bits per heavy atom. The Balaban J connectivity index is 0.00000161. The quantitative estimate of drug-likeness (QED) is 0.763. The number of aryl methyl sites for hydroxylation is 2. The fraction of sp³-hybridized carbons (Fsp3) is 0.222. The van der Waals surface area contributed by atoms with Gasteiger partial charge in [0.2, 0.25) is 0 Å². The van der Waals surface area contributed by atoms with E-state index >= 15 is 0 Å². The van der Waals surface area contributed by atoms with Gasteiger partial charge in [-0.15, -0.1) is 12.4 Å². The first-order chi connectivity index (χ1) is 9.88. The van der Waals surface area contributed by atoms with E-state index < -0.39 is 0 Å². The molecule has 3 rings (SSSR count). The highest BCUT2D eigenvalue weighted by atomic mass is 35.5. The van der Waals surface area contributed by atoms with E-state index in [1.807, 2.05) is 0 Å². The molecule has 2 aromatic carbocycles. The molecule has 2 nitrogen and oxygen atoms in total. The van der Waals surface area contributed by atoms with Crippen molar-refractivity contribution in [2.75, 3.05) is 6.54 Å². The SMILES string of the molecule is Cl.NCCc1cn(CCc2ccccc2)c2ccccc12. The Kier molecular flexibility index (Phi) is 5.43. The number of aromatic nitrogens is 1. The van der Waals surface area contributed by atoms with Crippen LogP contribution in [0, 0.1) is 0 Å². The van der Waals surface area contributed by atoms with Gasteiger partial charge in [0.15, 0.2) is 0 Å². The van der Waals surface area contributed by atoms with Gasteiger partial charge in [0.1, 0.15) is 0 Å². The van der Waals surface area contributed by atoms with Crippen LogP contribution in [-0.4, -0.2) is 11.1 Å². The minimum Gasteiger partial charge on any atom is -0.347 e. The van der Waals surface area contributed by atoms with Crippen molar-refractivity contribution in [1.82, 2.24) is 4.57 Å². The molecule has 0 spiro atoms. The van der Waals surface area contributed by atoms with E-state index in [4.69, 9.17) is 5.73 Å².